The van der Waals surface area contributed by atoms with Crippen LogP contribution in [0.5, 0.6) is 11.5 Å². The molecule has 0 amide bonds. The van der Waals surface area contributed by atoms with Gasteiger partial charge in [-0.3, -0.25) is 0 Å². The number of methoxy groups -OCH3 is 1. The molecule has 0 radical (unpaired) electrons. The molecule has 2 N–H and O–H groups in total. The van der Waals surface area contributed by atoms with Gasteiger partial charge in [-0.1, -0.05) is 54.2 Å². The third-order valence-electron chi connectivity index (χ3n) is 4.84. The Morgan fingerprint density at radius 3 is 2.58 bits per heavy atom. The molecule has 0 saturated heterocycles. The summed E-state index contributed by atoms with van der Waals surface area (Å²) in [6.45, 7) is 4.53. The van der Waals surface area contributed by atoms with Crippen molar-refractivity contribution in [2.45, 2.75) is 26.2 Å². The highest BCUT2D eigenvalue weighted by atomic mass is 32.2. The lowest BCUT2D eigenvalue weighted by Gasteiger charge is -2.13. The van der Waals surface area contributed by atoms with Gasteiger partial charge in [-0.2, -0.15) is 5.10 Å². The molecule has 0 bridgehead atoms. The van der Waals surface area contributed by atoms with Crippen molar-refractivity contribution in [3.63, 3.8) is 0 Å². The van der Waals surface area contributed by atoms with E-state index in [0.29, 0.717) is 11.8 Å². The van der Waals surface area contributed by atoms with Crippen molar-refractivity contribution in [1.29, 1.82) is 0 Å². The van der Waals surface area contributed by atoms with Crippen molar-refractivity contribution < 1.29 is 9.47 Å². The Labute approximate surface area is 188 Å². The molecule has 0 heterocycles. The maximum Gasteiger partial charge on any atom is 0.180 e. The number of hydrogen-bond donors (Lipinski definition) is 1. The van der Waals surface area contributed by atoms with Gasteiger partial charge >= 0.3 is 0 Å². The molecule has 0 aliphatic rings. The fourth-order valence-corrected chi connectivity index (χ4v) is 3.55. The van der Waals surface area contributed by atoms with Crippen molar-refractivity contribution in [2.24, 2.45) is 15.9 Å². The number of nitrogens with two attached hydrogens (primary N) is 1. The van der Waals surface area contributed by atoms with E-state index in [0.717, 1.165) is 33.9 Å². The highest BCUT2D eigenvalue weighted by Gasteiger charge is 2.07. The van der Waals surface area contributed by atoms with Crippen molar-refractivity contribution in [3.8, 4) is 11.5 Å². The van der Waals surface area contributed by atoms with E-state index in [1.165, 1.54) is 22.9 Å². The van der Waals surface area contributed by atoms with Crippen molar-refractivity contribution >= 4 is 23.1 Å². The van der Waals surface area contributed by atoms with Crippen LogP contribution in [0.3, 0.4) is 0 Å². The Morgan fingerprint density at radius 2 is 1.81 bits per heavy atom. The monoisotopic (exact) mass is 433 g/mol. The van der Waals surface area contributed by atoms with E-state index < -0.39 is 0 Å². The van der Waals surface area contributed by atoms with Gasteiger partial charge in [0.05, 0.1) is 13.3 Å². The van der Waals surface area contributed by atoms with Crippen LogP contribution in [0, 0.1) is 13.8 Å². The van der Waals surface area contributed by atoms with Crippen LogP contribution in [0.2, 0.25) is 0 Å². The zero-order chi connectivity index (χ0) is 22.1. The molecule has 31 heavy (non-hydrogen) atoms. The normalized spacial score (nSPS) is 11.6. The Balaban J connectivity index is 1.64. The number of nitrogens with zero attached hydrogens (tertiary/aromatic N) is 2. The average Bonchev–Trinajstić information content (AvgIpc) is 2.79. The number of thioether (sulfide) groups is 1. The third kappa shape index (κ3) is 6.62. The van der Waals surface area contributed by atoms with Crippen LogP contribution in [0.25, 0.3) is 0 Å². The second-order valence-corrected chi connectivity index (χ2v) is 8.01. The zero-order valence-corrected chi connectivity index (χ0v) is 18.9. The Hall–Kier alpha value is -3.25. The summed E-state index contributed by atoms with van der Waals surface area (Å²) in [5, 5.41) is 8.64. The van der Waals surface area contributed by atoms with E-state index in [1.807, 2.05) is 48.5 Å². The topological polar surface area (TPSA) is 69.2 Å². The molecule has 6 heteroatoms. The summed E-state index contributed by atoms with van der Waals surface area (Å²) in [5.74, 6) is 2.39. The van der Waals surface area contributed by atoms with E-state index in [2.05, 4.69) is 42.2 Å². The van der Waals surface area contributed by atoms with E-state index in [1.54, 1.807) is 13.3 Å². The van der Waals surface area contributed by atoms with Gasteiger partial charge in [0.15, 0.2) is 5.17 Å². The molecule has 0 aliphatic carbocycles. The summed E-state index contributed by atoms with van der Waals surface area (Å²) in [5.41, 5.74) is 11.3. The molecule has 0 aliphatic heterocycles. The summed E-state index contributed by atoms with van der Waals surface area (Å²) < 4.78 is 11.5. The number of hydrogen-bond acceptors (Lipinski definition) is 5. The van der Waals surface area contributed by atoms with Gasteiger partial charge in [0, 0.05) is 11.3 Å². The lowest BCUT2D eigenvalue weighted by Crippen LogP contribution is -2.06. The standard InChI is InChI=1S/C25H27N3O2S/c1-18-8-7-11-23(19(18)2)30-16-22-14-21(12-13-24(22)29-3)15-27-28-25(26)31-17-20-9-5-4-6-10-20/h4-15H,16-17H2,1-3H3,(H2,26,28). The second kappa shape index (κ2) is 11.2. The molecule has 0 spiro atoms. The highest BCUT2D eigenvalue weighted by Crippen LogP contribution is 2.25. The molecule has 3 aromatic rings. The molecule has 3 rings (SSSR count). The third-order valence-corrected chi connectivity index (χ3v) is 5.69. The first kappa shape index (κ1) is 22.4. The number of amidine groups is 1. The van der Waals surface area contributed by atoms with E-state index >= 15 is 0 Å². The molecule has 0 fully saturated rings. The van der Waals surface area contributed by atoms with Crippen LogP contribution in [-0.2, 0) is 12.4 Å². The lowest BCUT2D eigenvalue weighted by atomic mass is 10.1. The first-order chi connectivity index (χ1) is 15.1. The first-order valence-electron chi connectivity index (χ1n) is 9.96. The zero-order valence-electron chi connectivity index (χ0n) is 18.0. The molecule has 0 saturated carbocycles. The molecule has 3 aromatic carbocycles. The molecule has 5 nitrogen and oxygen atoms in total. The maximum atomic E-state index is 6.04. The minimum Gasteiger partial charge on any atom is -0.496 e. The van der Waals surface area contributed by atoms with Crippen LogP contribution in [-0.4, -0.2) is 18.5 Å². The first-order valence-corrected chi connectivity index (χ1v) is 10.9. The predicted octanol–water partition coefficient (Wildman–Crippen LogP) is 5.47. The van der Waals surface area contributed by atoms with E-state index in [4.69, 9.17) is 15.2 Å². The smallest absolute Gasteiger partial charge is 0.180 e. The summed E-state index contributed by atoms with van der Waals surface area (Å²) in [4.78, 5) is 0. The van der Waals surface area contributed by atoms with Crippen LogP contribution in [0.4, 0.5) is 0 Å². The minimum absolute atomic E-state index is 0.396. The fourth-order valence-electron chi connectivity index (χ4n) is 2.94. The summed E-state index contributed by atoms with van der Waals surface area (Å²) in [7, 11) is 1.65. The number of ether oxygens (including phenoxy) is 2. The van der Waals surface area contributed by atoms with Crippen molar-refractivity contribution in [2.75, 3.05) is 7.11 Å². The van der Waals surface area contributed by atoms with Crippen molar-refractivity contribution in [3.05, 3.63) is 94.5 Å². The van der Waals surface area contributed by atoms with Crippen LogP contribution < -0.4 is 15.2 Å². The van der Waals surface area contributed by atoms with Gasteiger partial charge in [0.1, 0.15) is 18.1 Å². The fraction of sp³-hybridized carbons (Fsp3) is 0.200. The SMILES string of the molecule is COc1ccc(C=NN=C(N)SCc2ccccc2)cc1COc1cccc(C)c1C. The van der Waals surface area contributed by atoms with Gasteiger partial charge in [0.2, 0.25) is 0 Å². The second-order valence-electron chi connectivity index (χ2n) is 7.02. The van der Waals surface area contributed by atoms with Gasteiger partial charge in [-0.25, -0.2) is 0 Å². The predicted molar refractivity (Wildman–Crippen MR) is 130 cm³/mol. The quantitative estimate of drug-likeness (QED) is 0.290. The summed E-state index contributed by atoms with van der Waals surface area (Å²) in [6, 6.07) is 22.0. The average molecular weight is 434 g/mol. The maximum absolute atomic E-state index is 6.04. The molecule has 0 atom stereocenters. The molecular formula is C25H27N3O2S. The summed E-state index contributed by atoms with van der Waals surface area (Å²) >= 11 is 1.46. The molecule has 0 unspecified atom stereocenters. The molecule has 0 aromatic heterocycles. The van der Waals surface area contributed by atoms with Crippen molar-refractivity contribution in [1.82, 2.24) is 0 Å². The summed E-state index contributed by atoms with van der Waals surface area (Å²) in [6.07, 6.45) is 1.68. The van der Waals surface area contributed by atoms with Crippen LogP contribution >= 0.6 is 11.8 Å². The lowest BCUT2D eigenvalue weighted by molar-refractivity contribution is 0.294. The van der Waals surface area contributed by atoms with Crippen LogP contribution in [0.15, 0.2) is 76.9 Å². The highest BCUT2D eigenvalue weighted by molar-refractivity contribution is 8.13. The van der Waals surface area contributed by atoms with Gasteiger partial charge < -0.3 is 15.2 Å². The largest absolute Gasteiger partial charge is 0.496 e. The Kier molecular flexibility index (Phi) is 8.12. The molecule has 160 valence electrons. The number of rotatable bonds is 8. The van der Waals surface area contributed by atoms with E-state index in [-0.39, 0.29) is 0 Å². The molecular weight excluding hydrogens is 406 g/mol. The number of aryl methyl sites for hydroxylation is 1. The Bertz CT molecular complexity index is 1070. The minimum atomic E-state index is 0.396. The van der Waals surface area contributed by atoms with Gasteiger partial charge in [0.25, 0.3) is 0 Å². The van der Waals surface area contributed by atoms with Gasteiger partial charge in [-0.05, 0) is 60.4 Å². The number of benzene rings is 3. The van der Waals surface area contributed by atoms with Gasteiger partial charge in [-0.15, -0.1) is 5.10 Å². The Morgan fingerprint density at radius 1 is 1.00 bits per heavy atom. The van der Waals surface area contributed by atoms with Crippen LogP contribution in [0.1, 0.15) is 27.8 Å². The van der Waals surface area contributed by atoms with E-state index in [9.17, 15) is 0 Å².